The Hall–Kier alpha value is -8.16. The van der Waals surface area contributed by atoms with Crippen LogP contribution in [-0.2, 0) is 0 Å². The first kappa shape index (κ1) is 34.1. The molecule has 11 rings (SSSR count). The van der Waals surface area contributed by atoms with Crippen LogP contribution in [-0.4, -0.2) is 29.9 Å². The highest BCUT2D eigenvalue weighted by Gasteiger charge is 2.24. The molecule has 0 saturated heterocycles. The van der Waals surface area contributed by atoms with Crippen LogP contribution in [0.2, 0.25) is 0 Å². The van der Waals surface area contributed by atoms with Crippen LogP contribution in [0.1, 0.15) is 0 Å². The van der Waals surface area contributed by atoms with Crippen LogP contribution >= 0.6 is 0 Å². The van der Waals surface area contributed by atoms with Gasteiger partial charge in [-0.25, -0.2) is 29.9 Å². The molecule has 0 aliphatic heterocycles. The maximum absolute atomic E-state index is 6.78. The highest BCUT2D eigenvalue weighted by Crippen LogP contribution is 2.44. The normalized spacial score (nSPS) is 11.4. The second kappa shape index (κ2) is 14.4. The SMILES string of the molecule is c1ccc(-c2nc(-c3ccccc3)nc(-c3ccc(-c4ccc5c(oc6ccccc65)c4-c4nc(-c5ccccc5)nc(-c5ccccc5)n4)c4ccccc34)n2)cc1. The molecule has 276 valence electrons. The van der Waals surface area contributed by atoms with Crippen LogP contribution < -0.4 is 0 Å². The Morgan fingerprint density at radius 3 is 1.14 bits per heavy atom. The van der Waals surface area contributed by atoms with Gasteiger partial charge in [0.15, 0.2) is 34.9 Å². The minimum atomic E-state index is 0.517. The van der Waals surface area contributed by atoms with Gasteiger partial charge in [-0.3, -0.25) is 0 Å². The number of benzene rings is 8. The van der Waals surface area contributed by atoms with E-state index >= 15 is 0 Å². The summed E-state index contributed by atoms with van der Waals surface area (Å²) in [6.07, 6.45) is 0. The first-order valence-corrected chi connectivity index (χ1v) is 19.5. The smallest absolute Gasteiger partial charge is 0.168 e. The van der Waals surface area contributed by atoms with Gasteiger partial charge in [-0.05, 0) is 40.1 Å². The zero-order chi connectivity index (χ0) is 39.1. The van der Waals surface area contributed by atoms with E-state index in [4.69, 9.17) is 34.3 Å². The minimum Gasteiger partial charge on any atom is -0.455 e. The van der Waals surface area contributed by atoms with E-state index in [-0.39, 0.29) is 0 Å². The molecule has 0 fully saturated rings. The molecule has 0 aliphatic carbocycles. The number of nitrogens with zero attached hydrogens (tertiary/aromatic N) is 6. The van der Waals surface area contributed by atoms with Gasteiger partial charge in [-0.2, -0.15) is 0 Å². The molecule has 3 aromatic heterocycles. The van der Waals surface area contributed by atoms with Crippen LogP contribution in [0.5, 0.6) is 0 Å². The predicted molar refractivity (Wildman–Crippen MR) is 236 cm³/mol. The Balaban J connectivity index is 1.17. The number of para-hydroxylation sites is 1. The molecular weight excluding hydrogens is 725 g/mol. The maximum atomic E-state index is 6.78. The summed E-state index contributed by atoms with van der Waals surface area (Å²) >= 11 is 0. The first-order chi connectivity index (χ1) is 29.2. The van der Waals surface area contributed by atoms with Crippen molar-refractivity contribution in [2.45, 2.75) is 0 Å². The topological polar surface area (TPSA) is 90.5 Å². The van der Waals surface area contributed by atoms with E-state index in [9.17, 15) is 0 Å². The van der Waals surface area contributed by atoms with Gasteiger partial charge in [0.05, 0.1) is 5.56 Å². The van der Waals surface area contributed by atoms with Crippen LogP contribution in [0, 0.1) is 0 Å². The third-order valence-electron chi connectivity index (χ3n) is 10.6. The van der Waals surface area contributed by atoms with Crippen molar-refractivity contribution in [2.24, 2.45) is 0 Å². The summed E-state index contributed by atoms with van der Waals surface area (Å²) in [4.78, 5) is 30.6. The Kier molecular flexibility index (Phi) is 8.33. The van der Waals surface area contributed by atoms with Crippen molar-refractivity contribution in [3.63, 3.8) is 0 Å². The fourth-order valence-electron chi connectivity index (χ4n) is 7.81. The molecule has 0 radical (unpaired) electrons. The zero-order valence-corrected chi connectivity index (χ0v) is 31.6. The molecule has 8 aromatic carbocycles. The summed E-state index contributed by atoms with van der Waals surface area (Å²) in [5.41, 5.74) is 8.71. The summed E-state index contributed by atoms with van der Waals surface area (Å²) in [6.45, 7) is 0. The van der Waals surface area contributed by atoms with E-state index < -0.39 is 0 Å². The highest BCUT2D eigenvalue weighted by atomic mass is 16.3. The summed E-state index contributed by atoms with van der Waals surface area (Å²) in [5.74, 6) is 3.48. The van der Waals surface area contributed by atoms with Gasteiger partial charge in [0.25, 0.3) is 0 Å². The number of aromatic nitrogens is 6. The van der Waals surface area contributed by atoms with E-state index in [1.165, 1.54) is 0 Å². The number of rotatable bonds is 7. The van der Waals surface area contributed by atoms with Crippen molar-refractivity contribution in [1.82, 2.24) is 29.9 Å². The molecule has 3 heterocycles. The second-order valence-corrected chi connectivity index (χ2v) is 14.2. The highest BCUT2D eigenvalue weighted by molar-refractivity contribution is 6.14. The fourth-order valence-corrected chi connectivity index (χ4v) is 7.81. The van der Waals surface area contributed by atoms with Gasteiger partial charge in [-0.1, -0.05) is 176 Å². The number of furan rings is 1. The first-order valence-electron chi connectivity index (χ1n) is 19.5. The Labute approximate surface area is 339 Å². The van der Waals surface area contributed by atoms with Crippen molar-refractivity contribution in [1.29, 1.82) is 0 Å². The summed E-state index contributed by atoms with van der Waals surface area (Å²) in [5, 5.41) is 4.02. The molecule has 0 amide bonds. The molecule has 0 N–H and O–H groups in total. The van der Waals surface area contributed by atoms with Gasteiger partial charge in [0.1, 0.15) is 11.2 Å². The summed E-state index contributed by atoms with van der Waals surface area (Å²) in [6, 6.07) is 65.3. The van der Waals surface area contributed by atoms with Gasteiger partial charge in [0.2, 0.25) is 0 Å². The van der Waals surface area contributed by atoms with E-state index in [1.54, 1.807) is 0 Å². The largest absolute Gasteiger partial charge is 0.455 e. The van der Waals surface area contributed by atoms with Crippen LogP contribution in [0.4, 0.5) is 0 Å². The molecule has 0 bridgehead atoms. The van der Waals surface area contributed by atoms with Crippen molar-refractivity contribution in [3.8, 4) is 79.5 Å². The quantitative estimate of drug-likeness (QED) is 0.160. The Morgan fingerprint density at radius 1 is 0.254 bits per heavy atom. The van der Waals surface area contributed by atoms with E-state index in [0.29, 0.717) is 40.5 Å². The molecule has 0 spiro atoms. The molecule has 0 saturated carbocycles. The lowest BCUT2D eigenvalue weighted by Crippen LogP contribution is -2.02. The lowest BCUT2D eigenvalue weighted by molar-refractivity contribution is 0.669. The molecular formula is C52H32N6O. The maximum Gasteiger partial charge on any atom is 0.168 e. The zero-order valence-electron chi connectivity index (χ0n) is 31.6. The standard InChI is InChI=1S/C52H32N6O/c1-5-17-33(18-6-1)47-53-48(34-19-7-2-8-20-34)56-51(55-47)43-32-29-39(37-25-13-14-26-38(37)43)41-30-31-42-40-27-15-16-28-44(40)59-46(42)45(41)52-57-49(35-21-9-3-10-22-35)54-50(58-52)36-23-11-4-12-24-36/h1-32H. The Morgan fingerprint density at radius 2 is 0.627 bits per heavy atom. The van der Waals surface area contributed by atoms with Crippen molar-refractivity contribution in [3.05, 3.63) is 194 Å². The lowest BCUT2D eigenvalue weighted by Gasteiger charge is -2.16. The molecule has 0 atom stereocenters. The summed E-state index contributed by atoms with van der Waals surface area (Å²) in [7, 11) is 0. The molecule has 7 heteroatoms. The Bertz CT molecular complexity index is 3200. The molecule has 11 aromatic rings. The molecule has 7 nitrogen and oxygen atoms in total. The predicted octanol–water partition coefficient (Wildman–Crippen LogP) is 12.8. The van der Waals surface area contributed by atoms with E-state index in [0.717, 1.165) is 71.6 Å². The van der Waals surface area contributed by atoms with Gasteiger partial charge < -0.3 is 4.42 Å². The number of hydrogen-bond donors (Lipinski definition) is 0. The molecule has 59 heavy (non-hydrogen) atoms. The van der Waals surface area contributed by atoms with Crippen molar-refractivity contribution < 1.29 is 4.42 Å². The van der Waals surface area contributed by atoms with Crippen LogP contribution in [0.3, 0.4) is 0 Å². The van der Waals surface area contributed by atoms with Gasteiger partial charge in [0, 0.05) is 38.6 Å². The van der Waals surface area contributed by atoms with Crippen molar-refractivity contribution in [2.75, 3.05) is 0 Å². The van der Waals surface area contributed by atoms with Crippen LogP contribution in [0.25, 0.3) is 112 Å². The number of fused-ring (bicyclic) bond motifs is 4. The monoisotopic (exact) mass is 756 g/mol. The van der Waals surface area contributed by atoms with E-state index in [1.807, 2.05) is 140 Å². The number of hydrogen-bond acceptors (Lipinski definition) is 7. The molecule has 0 aliphatic rings. The van der Waals surface area contributed by atoms with Gasteiger partial charge >= 0.3 is 0 Å². The minimum absolute atomic E-state index is 0.517. The lowest BCUT2D eigenvalue weighted by atomic mass is 9.90. The third kappa shape index (κ3) is 6.18. The van der Waals surface area contributed by atoms with E-state index in [2.05, 4.69) is 54.6 Å². The summed E-state index contributed by atoms with van der Waals surface area (Å²) < 4.78 is 6.78. The van der Waals surface area contributed by atoms with Crippen LogP contribution in [0.15, 0.2) is 199 Å². The van der Waals surface area contributed by atoms with Gasteiger partial charge in [-0.15, -0.1) is 0 Å². The fraction of sp³-hybridized carbons (Fsp3) is 0. The van der Waals surface area contributed by atoms with Crippen molar-refractivity contribution >= 4 is 32.7 Å². The second-order valence-electron chi connectivity index (χ2n) is 14.2. The average molecular weight is 757 g/mol. The average Bonchev–Trinajstić information content (AvgIpc) is 3.70. The third-order valence-corrected chi connectivity index (χ3v) is 10.6. The molecule has 0 unspecified atom stereocenters.